The van der Waals surface area contributed by atoms with Gasteiger partial charge in [-0.3, -0.25) is 14.5 Å². The number of carbonyl (C=O) groups excluding carboxylic acids is 2. The summed E-state index contributed by atoms with van der Waals surface area (Å²) in [6.07, 6.45) is 2.00. The number of hydrogen-bond acceptors (Lipinski definition) is 8. The number of aliphatic hydroxyl groups excluding tert-OH is 2. The van der Waals surface area contributed by atoms with Crippen LogP contribution in [-0.4, -0.2) is 82.8 Å². The van der Waals surface area contributed by atoms with Gasteiger partial charge in [0.05, 0.1) is 45.3 Å². The molecule has 11 heteroatoms. The van der Waals surface area contributed by atoms with Crippen LogP contribution < -0.4 is 29.8 Å². The highest BCUT2D eigenvalue weighted by molar-refractivity contribution is 6.91. The van der Waals surface area contributed by atoms with Gasteiger partial charge in [-0.15, -0.1) is 0 Å². The Morgan fingerprint density at radius 1 is 0.980 bits per heavy atom. The largest absolute Gasteiger partial charge is 0.497 e. The average molecular weight is 702 g/mol. The van der Waals surface area contributed by atoms with E-state index >= 15 is 0 Å². The van der Waals surface area contributed by atoms with Crippen LogP contribution in [0.3, 0.4) is 0 Å². The Morgan fingerprint density at radius 3 is 2.38 bits per heavy atom. The molecule has 5 atom stereocenters. The van der Waals surface area contributed by atoms with Crippen LogP contribution in [0.4, 0.5) is 17.1 Å². The third kappa shape index (κ3) is 6.02. The molecule has 3 aliphatic heterocycles. The molecule has 3 aromatic rings. The number of ether oxygens (including phenoxy) is 3. The SMILES string of the molecule is CCOc1ccc2c(c1)CC(NCCCCO)C(=O)N2c1ccc2c(c1)[C@@]1(O[C@H](CCO)[C@@H]([Si](C)(C)c3ccc(OC)cc3)[C@@H]1C)C(=O)N2C. The maximum absolute atomic E-state index is 14.5. The van der Waals surface area contributed by atoms with E-state index in [1.807, 2.05) is 55.5 Å². The van der Waals surface area contributed by atoms with Gasteiger partial charge in [-0.05, 0) is 98.8 Å². The molecule has 1 saturated heterocycles. The second kappa shape index (κ2) is 14.5. The van der Waals surface area contributed by atoms with Crippen LogP contribution in [0.2, 0.25) is 18.6 Å². The van der Waals surface area contributed by atoms with E-state index in [1.54, 1.807) is 24.0 Å². The summed E-state index contributed by atoms with van der Waals surface area (Å²) in [5, 5.41) is 24.2. The van der Waals surface area contributed by atoms with Crippen LogP contribution in [0.15, 0.2) is 60.7 Å². The highest BCUT2D eigenvalue weighted by Gasteiger charge is 2.65. The molecule has 3 N–H and O–H groups in total. The first kappa shape index (κ1) is 36.1. The van der Waals surface area contributed by atoms with Gasteiger partial charge < -0.3 is 34.6 Å². The van der Waals surface area contributed by atoms with Gasteiger partial charge in [0.2, 0.25) is 5.91 Å². The molecule has 0 saturated carbocycles. The molecule has 0 aliphatic carbocycles. The van der Waals surface area contributed by atoms with Crippen LogP contribution in [-0.2, 0) is 26.3 Å². The fraction of sp³-hybridized carbons (Fsp3) is 0.487. The van der Waals surface area contributed by atoms with Gasteiger partial charge in [-0.25, -0.2) is 0 Å². The summed E-state index contributed by atoms with van der Waals surface area (Å²) in [7, 11) is 1.12. The minimum Gasteiger partial charge on any atom is -0.497 e. The number of aliphatic hydroxyl groups is 2. The normalized spacial score (nSPS) is 24.6. The van der Waals surface area contributed by atoms with E-state index in [2.05, 4.69) is 37.5 Å². The highest BCUT2D eigenvalue weighted by Crippen LogP contribution is 2.60. The van der Waals surface area contributed by atoms with Crippen molar-refractivity contribution < 1.29 is 34.0 Å². The maximum atomic E-state index is 14.5. The predicted molar refractivity (Wildman–Crippen MR) is 198 cm³/mol. The predicted octanol–water partition coefficient (Wildman–Crippen LogP) is 4.62. The molecule has 3 aliphatic rings. The first-order valence-electron chi connectivity index (χ1n) is 17.8. The summed E-state index contributed by atoms with van der Waals surface area (Å²) in [5.41, 5.74) is 2.67. The van der Waals surface area contributed by atoms with Crippen molar-refractivity contribution in [2.24, 2.45) is 5.92 Å². The molecule has 1 fully saturated rings. The second-order valence-electron chi connectivity index (χ2n) is 14.3. The Bertz CT molecular complexity index is 1720. The first-order valence-corrected chi connectivity index (χ1v) is 20.9. The molecule has 268 valence electrons. The van der Waals surface area contributed by atoms with Gasteiger partial charge >= 0.3 is 0 Å². The minimum absolute atomic E-state index is 0.0110. The number of fused-ring (bicyclic) bond motifs is 3. The van der Waals surface area contributed by atoms with Crippen molar-refractivity contribution in [2.45, 2.75) is 75.9 Å². The number of methoxy groups -OCH3 is 1. The number of anilines is 3. The molecule has 50 heavy (non-hydrogen) atoms. The number of benzene rings is 3. The summed E-state index contributed by atoms with van der Waals surface area (Å²) in [6, 6.07) is 19.4. The van der Waals surface area contributed by atoms with E-state index in [9.17, 15) is 19.8 Å². The quantitative estimate of drug-likeness (QED) is 0.175. The Hall–Kier alpha value is -3.74. The zero-order valence-electron chi connectivity index (χ0n) is 30.1. The molecular formula is C39H51N3O7Si. The fourth-order valence-corrected chi connectivity index (χ4v) is 12.7. The lowest BCUT2D eigenvalue weighted by molar-refractivity contribution is -0.145. The molecule has 10 nitrogen and oxygen atoms in total. The van der Waals surface area contributed by atoms with E-state index in [0.29, 0.717) is 38.1 Å². The number of nitrogens with zero attached hydrogens (tertiary/aromatic N) is 2. The molecule has 0 radical (unpaired) electrons. The molecule has 1 unspecified atom stereocenters. The van der Waals surface area contributed by atoms with Crippen molar-refractivity contribution in [2.75, 3.05) is 50.3 Å². The molecule has 2 amide bonds. The molecule has 1 spiro atoms. The first-order chi connectivity index (χ1) is 24.0. The lowest BCUT2D eigenvalue weighted by atomic mass is 9.82. The maximum Gasteiger partial charge on any atom is 0.264 e. The smallest absolute Gasteiger partial charge is 0.264 e. The number of carbonyl (C=O) groups is 2. The molecule has 0 aromatic heterocycles. The van der Waals surface area contributed by atoms with E-state index in [-0.39, 0.29) is 42.6 Å². The summed E-state index contributed by atoms with van der Waals surface area (Å²) >= 11 is 0. The fourth-order valence-electron chi connectivity index (χ4n) is 8.66. The molecule has 6 rings (SSSR count). The van der Waals surface area contributed by atoms with Crippen LogP contribution in [0.1, 0.15) is 44.2 Å². The Balaban J connectivity index is 1.43. The molecular weight excluding hydrogens is 651 g/mol. The van der Waals surface area contributed by atoms with E-state index < -0.39 is 19.7 Å². The zero-order chi connectivity index (χ0) is 35.8. The average Bonchev–Trinajstić information content (AvgIpc) is 3.52. The van der Waals surface area contributed by atoms with Crippen molar-refractivity contribution in [3.05, 3.63) is 71.8 Å². The number of unbranched alkanes of at least 4 members (excludes halogenated alkanes) is 1. The number of likely N-dealkylation sites (N-methyl/N-ethyl adjacent to an activating group) is 1. The van der Waals surface area contributed by atoms with Gasteiger partial charge in [-0.1, -0.05) is 37.3 Å². The summed E-state index contributed by atoms with van der Waals surface area (Å²) in [5.74, 6) is 1.11. The van der Waals surface area contributed by atoms with Crippen molar-refractivity contribution in [3.63, 3.8) is 0 Å². The lowest BCUT2D eigenvalue weighted by Crippen LogP contribution is -2.51. The Morgan fingerprint density at radius 2 is 1.70 bits per heavy atom. The van der Waals surface area contributed by atoms with Crippen LogP contribution in [0.5, 0.6) is 11.5 Å². The number of hydrogen-bond donors (Lipinski definition) is 3. The monoisotopic (exact) mass is 701 g/mol. The van der Waals surface area contributed by atoms with Gasteiger partial charge in [0.25, 0.3) is 5.91 Å². The Labute approximate surface area is 296 Å². The van der Waals surface area contributed by atoms with Crippen LogP contribution >= 0.6 is 0 Å². The number of rotatable bonds is 13. The molecule has 3 heterocycles. The third-order valence-electron chi connectivity index (χ3n) is 11.1. The standard InChI is InChI=1S/C39H51N3O7Si/c1-7-48-29-13-17-33-26(22-29)23-32(40-19-8-9-20-43)37(45)42(33)27-10-16-34-31(24-27)39(38(46)41(34)3)25(2)36(35(49-39)18-21-44)50(5,6)30-14-11-28(47-4)12-15-30/h10-17,22,24-25,32,35-36,40,43-44H,7-9,18-21,23H2,1-6H3/t25-,32?,35+,36-,39+/m0/s1. The van der Waals surface area contributed by atoms with Crippen LogP contribution in [0, 0.1) is 5.92 Å². The highest BCUT2D eigenvalue weighted by atomic mass is 28.3. The van der Waals surface area contributed by atoms with Gasteiger partial charge in [0.15, 0.2) is 5.60 Å². The zero-order valence-corrected chi connectivity index (χ0v) is 31.1. The van der Waals surface area contributed by atoms with E-state index in [4.69, 9.17) is 14.2 Å². The second-order valence-corrected chi connectivity index (χ2v) is 19.0. The molecule has 3 aromatic carbocycles. The summed E-state index contributed by atoms with van der Waals surface area (Å²) in [4.78, 5) is 32.3. The van der Waals surface area contributed by atoms with Crippen molar-refractivity contribution in [1.29, 1.82) is 0 Å². The lowest BCUT2D eigenvalue weighted by Gasteiger charge is -2.37. The summed E-state index contributed by atoms with van der Waals surface area (Å²) in [6.45, 7) is 9.89. The third-order valence-corrected chi connectivity index (χ3v) is 15.5. The number of amides is 2. The van der Waals surface area contributed by atoms with Crippen molar-refractivity contribution in [1.82, 2.24) is 5.32 Å². The van der Waals surface area contributed by atoms with Crippen molar-refractivity contribution in [3.8, 4) is 11.5 Å². The summed E-state index contributed by atoms with van der Waals surface area (Å²) < 4.78 is 18.3. The van der Waals surface area contributed by atoms with Crippen molar-refractivity contribution >= 4 is 42.1 Å². The van der Waals surface area contributed by atoms with Gasteiger partial charge in [-0.2, -0.15) is 0 Å². The van der Waals surface area contributed by atoms with Gasteiger partial charge in [0, 0.05) is 37.4 Å². The van der Waals surface area contributed by atoms with Crippen LogP contribution in [0.25, 0.3) is 0 Å². The molecule has 0 bridgehead atoms. The topological polar surface area (TPSA) is 121 Å². The van der Waals surface area contributed by atoms with E-state index in [1.165, 1.54) is 5.19 Å². The number of nitrogens with one attached hydrogen (secondary N) is 1. The minimum atomic E-state index is -2.32. The van der Waals surface area contributed by atoms with Gasteiger partial charge in [0.1, 0.15) is 11.5 Å². The Kier molecular flexibility index (Phi) is 10.4. The van der Waals surface area contributed by atoms with E-state index in [0.717, 1.165) is 40.4 Å².